The third-order valence-electron chi connectivity index (χ3n) is 3.61. The van der Waals surface area contributed by atoms with E-state index >= 15 is 0 Å². The van der Waals surface area contributed by atoms with Crippen LogP contribution in [0, 0.1) is 0 Å². The Hall–Kier alpha value is -1.28. The zero-order valence-electron chi connectivity index (χ0n) is 11.9. The van der Waals surface area contributed by atoms with Gasteiger partial charge in [-0.05, 0) is 33.2 Å². The molecular formula is C12H20N4O3S. The molecular weight excluding hydrogens is 280 g/mol. The fraction of sp³-hybridized carbons (Fsp3) is 0.750. The molecule has 112 valence electrons. The number of rotatable bonds is 7. The Morgan fingerprint density at radius 3 is 2.90 bits per heavy atom. The first-order valence-corrected chi connectivity index (χ1v) is 7.57. The van der Waals surface area contributed by atoms with Gasteiger partial charge in [-0.25, -0.2) is 9.89 Å². The lowest BCUT2D eigenvalue weighted by atomic mass is 10.00. The van der Waals surface area contributed by atoms with Crippen molar-refractivity contribution in [1.29, 1.82) is 0 Å². The van der Waals surface area contributed by atoms with Crippen molar-refractivity contribution in [3.05, 3.63) is 10.5 Å². The van der Waals surface area contributed by atoms with E-state index in [-0.39, 0.29) is 11.7 Å². The monoisotopic (exact) mass is 300 g/mol. The summed E-state index contributed by atoms with van der Waals surface area (Å²) in [5, 5.41) is 10.2. The van der Waals surface area contributed by atoms with E-state index < -0.39 is 5.54 Å². The number of likely N-dealkylation sites (N-methyl/N-ethyl adjacent to an activating group) is 1. The highest BCUT2D eigenvalue weighted by atomic mass is 32.2. The van der Waals surface area contributed by atoms with Gasteiger partial charge in [0.2, 0.25) is 0 Å². The molecule has 1 unspecified atom stereocenters. The van der Waals surface area contributed by atoms with Gasteiger partial charge in [-0.1, -0.05) is 11.8 Å². The zero-order valence-corrected chi connectivity index (χ0v) is 12.7. The molecule has 0 bridgehead atoms. The number of ether oxygens (including phenoxy) is 1. The summed E-state index contributed by atoms with van der Waals surface area (Å²) in [5.74, 6) is 0.380. The molecule has 8 heteroatoms. The van der Waals surface area contributed by atoms with Crippen LogP contribution < -0.4 is 11.0 Å². The van der Waals surface area contributed by atoms with Gasteiger partial charge in [-0.15, -0.1) is 5.10 Å². The molecule has 7 nitrogen and oxygen atoms in total. The first-order valence-electron chi connectivity index (χ1n) is 6.59. The maximum absolute atomic E-state index is 11.7. The van der Waals surface area contributed by atoms with Crippen LogP contribution in [0.25, 0.3) is 0 Å². The Balaban J connectivity index is 1.96. The molecule has 0 aliphatic heterocycles. The Morgan fingerprint density at radius 1 is 1.65 bits per heavy atom. The molecule has 1 atom stereocenters. The fourth-order valence-corrected chi connectivity index (χ4v) is 3.12. The Morgan fingerprint density at radius 2 is 2.35 bits per heavy atom. The van der Waals surface area contributed by atoms with Gasteiger partial charge in [0, 0.05) is 11.8 Å². The second-order valence-corrected chi connectivity index (χ2v) is 6.15. The lowest BCUT2D eigenvalue weighted by Crippen LogP contribution is -2.48. The number of nitrogens with one attached hydrogen (secondary N) is 2. The van der Waals surface area contributed by atoms with Crippen molar-refractivity contribution >= 4 is 17.7 Å². The minimum absolute atomic E-state index is 0.153. The van der Waals surface area contributed by atoms with Gasteiger partial charge in [-0.3, -0.25) is 9.36 Å². The molecule has 0 saturated heterocycles. The SMILES string of the molecule is CNC(C)(CCSc1n[nH]c(=O)n1C1CC1)C(=O)OC. The predicted octanol–water partition coefficient (Wildman–Crippen LogP) is 0.540. The van der Waals surface area contributed by atoms with Crippen molar-refractivity contribution in [1.82, 2.24) is 20.1 Å². The lowest BCUT2D eigenvalue weighted by Gasteiger charge is -2.25. The molecule has 1 aliphatic rings. The molecule has 2 N–H and O–H groups in total. The van der Waals surface area contributed by atoms with Crippen LogP contribution in [-0.4, -0.2) is 46.2 Å². The average molecular weight is 300 g/mol. The molecule has 2 rings (SSSR count). The Labute approximate surface area is 121 Å². The van der Waals surface area contributed by atoms with E-state index in [1.807, 2.05) is 0 Å². The third kappa shape index (κ3) is 3.06. The molecule has 1 aromatic heterocycles. The largest absolute Gasteiger partial charge is 0.468 e. The molecule has 1 fully saturated rings. The summed E-state index contributed by atoms with van der Waals surface area (Å²) >= 11 is 1.48. The second-order valence-electron chi connectivity index (χ2n) is 5.08. The summed E-state index contributed by atoms with van der Waals surface area (Å²) in [6.45, 7) is 1.80. The van der Waals surface area contributed by atoms with Crippen molar-refractivity contribution < 1.29 is 9.53 Å². The molecule has 0 radical (unpaired) electrons. The zero-order chi connectivity index (χ0) is 14.8. The molecule has 1 saturated carbocycles. The highest BCUT2D eigenvalue weighted by Crippen LogP contribution is 2.36. The van der Waals surface area contributed by atoms with E-state index in [4.69, 9.17) is 4.74 Å². The predicted molar refractivity (Wildman–Crippen MR) is 75.9 cm³/mol. The standard InChI is InChI=1S/C12H20N4O3S/c1-12(13-2,9(17)19-3)6-7-20-11-15-14-10(18)16(11)8-4-5-8/h8,13H,4-7H2,1-3H3,(H,14,18). The molecule has 20 heavy (non-hydrogen) atoms. The average Bonchev–Trinajstić information content (AvgIpc) is 3.22. The highest BCUT2D eigenvalue weighted by molar-refractivity contribution is 7.99. The Bertz CT molecular complexity index is 537. The number of H-pyrrole nitrogens is 1. The van der Waals surface area contributed by atoms with Crippen LogP contribution in [0.15, 0.2) is 9.95 Å². The smallest absolute Gasteiger partial charge is 0.344 e. The van der Waals surface area contributed by atoms with Crippen molar-refractivity contribution in [2.75, 3.05) is 19.9 Å². The van der Waals surface area contributed by atoms with E-state index in [1.54, 1.807) is 18.5 Å². The van der Waals surface area contributed by atoms with Gasteiger partial charge in [0.05, 0.1) is 7.11 Å². The minimum atomic E-state index is -0.719. The van der Waals surface area contributed by atoms with Gasteiger partial charge in [0.15, 0.2) is 5.16 Å². The molecule has 0 amide bonds. The van der Waals surface area contributed by atoms with Crippen molar-refractivity contribution in [2.24, 2.45) is 0 Å². The van der Waals surface area contributed by atoms with Gasteiger partial charge in [0.1, 0.15) is 5.54 Å². The van der Waals surface area contributed by atoms with Crippen molar-refractivity contribution in [3.8, 4) is 0 Å². The quantitative estimate of drug-likeness (QED) is 0.564. The fourth-order valence-electron chi connectivity index (χ4n) is 1.95. The normalized spacial score (nSPS) is 17.8. The van der Waals surface area contributed by atoms with Gasteiger partial charge in [-0.2, -0.15) is 0 Å². The number of hydrogen-bond donors (Lipinski definition) is 2. The topological polar surface area (TPSA) is 89.0 Å². The number of esters is 1. The van der Waals surface area contributed by atoms with Crippen LogP contribution in [0.5, 0.6) is 0 Å². The number of carbonyl (C=O) groups excluding carboxylic acids is 1. The van der Waals surface area contributed by atoms with E-state index in [0.29, 0.717) is 23.4 Å². The van der Waals surface area contributed by atoms with Crippen LogP contribution in [0.1, 0.15) is 32.2 Å². The van der Waals surface area contributed by atoms with E-state index in [0.717, 1.165) is 12.8 Å². The van der Waals surface area contributed by atoms with E-state index in [2.05, 4.69) is 15.5 Å². The number of aromatic amines is 1. The summed E-state index contributed by atoms with van der Waals surface area (Å²) in [6, 6.07) is 0.292. The first kappa shape index (κ1) is 15.1. The molecule has 1 aromatic rings. The summed E-state index contributed by atoms with van der Waals surface area (Å²) in [5.41, 5.74) is -0.873. The first-order chi connectivity index (χ1) is 9.51. The summed E-state index contributed by atoms with van der Waals surface area (Å²) in [4.78, 5) is 23.4. The van der Waals surface area contributed by atoms with Crippen LogP contribution in [0.4, 0.5) is 0 Å². The van der Waals surface area contributed by atoms with Gasteiger partial charge < -0.3 is 10.1 Å². The Kier molecular flexibility index (Phi) is 4.54. The highest BCUT2D eigenvalue weighted by Gasteiger charge is 2.33. The number of methoxy groups -OCH3 is 1. The van der Waals surface area contributed by atoms with Gasteiger partial charge in [0.25, 0.3) is 0 Å². The van der Waals surface area contributed by atoms with Crippen LogP contribution in [0.3, 0.4) is 0 Å². The summed E-state index contributed by atoms with van der Waals surface area (Å²) < 4.78 is 6.51. The second kappa shape index (κ2) is 6.01. The van der Waals surface area contributed by atoms with E-state index in [1.165, 1.54) is 18.9 Å². The number of thioether (sulfide) groups is 1. The van der Waals surface area contributed by atoms with Crippen LogP contribution in [0.2, 0.25) is 0 Å². The lowest BCUT2D eigenvalue weighted by molar-refractivity contribution is -0.147. The molecule has 0 spiro atoms. The van der Waals surface area contributed by atoms with Crippen LogP contribution in [-0.2, 0) is 9.53 Å². The maximum atomic E-state index is 11.7. The number of aromatic nitrogens is 3. The third-order valence-corrected chi connectivity index (χ3v) is 4.56. The number of carbonyl (C=O) groups is 1. The van der Waals surface area contributed by atoms with Gasteiger partial charge >= 0.3 is 11.7 Å². The molecule has 0 aromatic carbocycles. The number of hydrogen-bond acceptors (Lipinski definition) is 6. The van der Waals surface area contributed by atoms with Crippen molar-refractivity contribution in [2.45, 2.75) is 42.9 Å². The molecule has 1 aliphatic carbocycles. The summed E-state index contributed by atoms with van der Waals surface area (Å²) in [7, 11) is 3.11. The van der Waals surface area contributed by atoms with Crippen LogP contribution >= 0.6 is 11.8 Å². The summed E-state index contributed by atoms with van der Waals surface area (Å²) in [6.07, 6.45) is 2.65. The van der Waals surface area contributed by atoms with Crippen molar-refractivity contribution in [3.63, 3.8) is 0 Å². The van der Waals surface area contributed by atoms with E-state index in [9.17, 15) is 9.59 Å². The minimum Gasteiger partial charge on any atom is -0.468 e. The number of nitrogens with zero attached hydrogens (tertiary/aromatic N) is 2. The molecule has 1 heterocycles. The maximum Gasteiger partial charge on any atom is 0.344 e.